The Bertz CT molecular complexity index is 804. The van der Waals surface area contributed by atoms with Crippen LogP contribution >= 0.6 is 0 Å². The van der Waals surface area contributed by atoms with Crippen molar-refractivity contribution in [3.63, 3.8) is 0 Å². The molecular weight excluding hydrogens is 330 g/mol. The normalized spacial score (nSPS) is 12.3. The standard InChI is InChI=1S/C21H25NO4/c1-13-6-7-15(20(24)25)12-18(13)22-19(23)14(2)26-17-10-8-16(9-11-17)21(3,4)5/h6-12,14H,1-5H3,(H,22,23)(H,24,25)/p-1. The topological polar surface area (TPSA) is 78.5 Å². The number of amides is 1. The second-order valence-electron chi connectivity index (χ2n) is 7.34. The molecule has 5 heteroatoms. The van der Waals surface area contributed by atoms with Gasteiger partial charge in [-0.2, -0.15) is 0 Å². The van der Waals surface area contributed by atoms with Gasteiger partial charge < -0.3 is 20.0 Å². The SMILES string of the molecule is Cc1ccc(C(=O)[O-])cc1NC(=O)C(C)Oc1ccc(C(C)(C)C)cc1. The van der Waals surface area contributed by atoms with Gasteiger partial charge in [-0.25, -0.2) is 0 Å². The molecule has 0 heterocycles. The minimum absolute atomic E-state index is 0.0113. The Morgan fingerprint density at radius 1 is 1.08 bits per heavy atom. The number of hydrogen-bond donors (Lipinski definition) is 1. The van der Waals surface area contributed by atoms with Crippen molar-refractivity contribution in [2.24, 2.45) is 0 Å². The molecule has 1 atom stereocenters. The number of carboxylic acid groups (broad SMARTS) is 1. The third-order valence-corrected chi connectivity index (χ3v) is 4.13. The molecule has 0 saturated heterocycles. The van der Waals surface area contributed by atoms with Crippen molar-refractivity contribution in [2.45, 2.75) is 46.1 Å². The highest BCUT2D eigenvalue weighted by Gasteiger charge is 2.17. The molecule has 0 saturated carbocycles. The number of rotatable bonds is 5. The summed E-state index contributed by atoms with van der Waals surface area (Å²) in [5.41, 5.74) is 2.41. The van der Waals surface area contributed by atoms with Gasteiger partial charge in [-0.15, -0.1) is 0 Å². The van der Waals surface area contributed by atoms with Gasteiger partial charge in [0.25, 0.3) is 5.91 Å². The summed E-state index contributed by atoms with van der Waals surface area (Å²) in [6, 6.07) is 12.1. The van der Waals surface area contributed by atoms with E-state index in [0.717, 1.165) is 5.56 Å². The first-order valence-electron chi connectivity index (χ1n) is 8.48. The number of nitrogens with one attached hydrogen (secondary N) is 1. The lowest BCUT2D eigenvalue weighted by atomic mass is 9.87. The molecule has 0 aliphatic heterocycles. The van der Waals surface area contributed by atoms with Gasteiger partial charge in [0, 0.05) is 5.69 Å². The summed E-state index contributed by atoms with van der Waals surface area (Å²) in [6.45, 7) is 9.81. The molecule has 5 nitrogen and oxygen atoms in total. The maximum absolute atomic E-state index is 12.4. The van der Waals surface area contributed by atoms with Crippen molar-refractivity contribution in [1.82, 2.24) is 0 Å². The van der Waals surface area contributed by atoms with E-state index in [2.05, 4.69) is 26.1 Å². The average molecular weight is 354 g/mol. The summed E-state index contributed by atoms with van der Waals surface area (Å²) in [6.07, 6.45) is -0.735. The lowest BCUT2D eigenvalue weighted by Crippen LogP contribution is -2.30. The second kappa shape index (κ2) is 7.60. The van der Waals surface area contributed by atoms with Crippen LogP contribution in [0.15, 0.2) is 42.5 Å². The summed E-state index contributed by atoms with van der Waals surface area (Å²) in [4.78, 5) is 23.4. The first-order valence-corrected chi connectivity index (χ1v) is 8.48. The zero-order valence-electron chi connectivity index (χ0n) is 15.8. The molecule has 0 aliphatic carbocycles. The molecule has 0 aromatic heterocycles. The Morgan fingerprint density at radius 2 is 1.69 bits per heavy atom. The van der Waals surface area contributed by atoms with Gasteiger partial charge in [-0.3, -0.25) is 4.79 Å². The molecule has 1 unspecified atom stereocenters. The van der Waals surface area contributed by atoms with Crippen molar-refractivity contribution in [3.8, 4) is 5.75 Å². The Morgan fingerprint density at radius 3 is 2.23 bits per heavy atom. The summed E-state index contributed by atoms with van der Waals surface area (Å²) >= 11 is 0. The highest BCUT2D eigenvalue weighted by atomic mass is 16.5. The van der Waals surface area contributed by atoms with Gasteiger partial charge >= 0.3 is 0 Å². The monoisotopic (exact) mass is 354 g/mol. The number of carbonyl (C=O) groups is 2. The highest BCUT2D eigenvalue weighted by molar-refractivity contribution is 5.96. The summed E-state index contributed by atoms with van der Waals surface area (Å²) in [7, 11) is 0. The fourth-order valence-electron chi connectivity index (χ4n) is 2.41. The zero-order chi connectivity index (χ0) is 19.5. The van der Waals surface area contributed by atoms with E-state index in [1.165, 1.54) is 17.7 Å². The number of carboxylic acids is 1. The molecule has 2 rings (SSSR count). The molecule has 0 aliphatic rings. The third-order valence-electron chi connectivity index (χ3n) is 4.13. The quantitative estimate of drug-likeness (QED) is 0.895. The van der Waals surface area contributed by atoms with Crippen LogP contribution in [0.3, 0.4) is 0 Å². The number of benzene rings is 2. The number of carbonyl (C=O) groups excluding carboxylic acids is 2. The van der Waals surface area contributed by atoms with Crippen LogP contribution in [-0.2, 0) is 10.2 Å². The first-order chi connectivity index (χ1) is 12.1. The van der Waals surface area contributed by atoms with Crippen LogP contribution in [0.2, 0.25) is 0 Å². The van der Waals surface area contributed by atoms with E-state index in [-0.39, 0.29) is 16.9 Å². The van der Waals surface area contributed by atoms with Gasteiger partial charge in [-0.1, -0.05) is 45.0 Å². The smallest absolute Gasteiger partial charge is 0.265 e. The molecule has 26 heavy (non-hydrogen) atoms. The fourth-order valence-corrected chi connectivity index (χ4v) is 2.41. The van der Waals surface area contributed by atoms with E-state index in [1.54, 1.807) is 19.9 Å². The van der Waals surface area contributed by atoms with Gasteiger partial charge in [0.05, 0.1) is 5.97 Å². The number of anilines is 1. The van der Waals surface area contributed by atoms with Crippen LogP contribution in [0, 0.1) is 6.92 Å². The molecule has 0 fully saturated rings. The van der Waals surface area contributed by atoms with Gasteiger partial charge in [0.15, 0.2) is 6.10 Å². The molecule has 2 aromatic rings. The maximum Gasteiger partial charge on any atom is 0.265 e. The molecule has 0 bridgehead atoms. The predicted molar refractivity (Wildman–Crippen MR) is 99.4 cm³/mol. The molecule has 138 valence electrons. The van der Waals surface area contributed by atoms with Crippen molar-refractivity contribution in [1.29, 1.82) is 0 Å². The van der Waals surface area contributed by atoms with Crippen LogP contribution in [0.4, 0.5) is 5.69 Å². The molecule has 1 amide bonds. The summed E-state index contributed by atoms with van der Waals surface area (Å²) < 4.78 is 5.69. The Balaban J connectivity index is 2.06. The lowest BCUT2D eigenvalue weighted by Gasteiger charge is -2.20. The second-order valence-corrected chi connectivity index (χ2v) is 7.34. The fraction of sp³-hybridized carbons (Fsp3) is 0.333. The summed E-state index contributed by atoms with van der Waals surface area (Å²) in [5, 5.41) is 13.7. The van der Waals surface area contributed by atoms with E-state index in [4.69, 9.17) is 4.74 Å². The molecular formula is C21H24NO4-. The lowest BCUT2D eigenvalue weighted by molar-refractivity contribution is -0.255. The van der Waals surface area contributed by atoms with Gasteiger partial charge in [0.2, 0.25) is 0 Å². The van der Waals surface area contributed by atoms with E-state index in [1.807, 2.05) is 24.3 Å². The predicted octanol–water partition coefficient (Wildman–Crippen LogP) is 3.06. The Hall–Kier alpha value is -2.82. The van der Waals surface area contributed by atoms with Crippen LogP contribution in [-0.4, -0.2) is 18.0 Å². The molecule has 2 aromatic carbocycles. The van der Waals surface area contributed by atoms with E-state index in [0.29, 0.717) is 11.4 Å². The van der Waals surface area contributed by atoms with Crippen molar-refractivity contribution in [3.05, 3.63) is 59.2 Å². The number of ether oxygens (including phenoxy) is 1. The van der Waals surface area contributed by atoms with Crippen LogP contribution in [0.25, 0.3) is 0 Å². The van der Waals surface area contributed by atoms with E-state index < -0.39 is 12.1 Å². The Kier molecular flexibility index (Phi) is 5.70. The molecule has 0 spiro atoms. The molecule has 0 radical (unpaired) electrons. The van der Waals surface area contributed by atoms with Gasteiger partial charge in [-0.05, 0) is 54.2 Å². The van der Waals surface area contributed by atoms with E-state index in [9.17, 15) is 14.7 Å². The van der Waals surface area contributed by atoms with Crippen LogP contribution < -0.4 is 15.2 Å². The highest BCUT2D eigenvalue weighted by Crippen LogP contribution is 2.25. The number of hydrogen-bond acceptors (Lipinski definition) is 4. The van der Waals surface area contributed by atoms with Crippen molar-refractivity contribution >= 4 is 17.6 Å². The summed E-state index contributed by atoms with van der Waals surface area (Å²) in [5.74, 6) is -1.05. The minimum atomic E-state index is -1.29. The van der Waals surface area contributed by atoms with E-state index >= 15 is 0 Å². The minimum Gasteiger partial charge on any atom is -0.545 e. The maximum atomic E-state index is 12.4. The van der Waals surface area contributed by atoms with Crippen molar-refractivity contribution in [2.75, 3.05) is 5.32 Å². The Labute approximate surface area is 154 Å². The average Bonchev–Trinajstić information content (AvgIpc) is 2.56. The molecule has 1 N–H and O–H groups in total. The van der Waals surface area contributed by atoms with Crippen LogP contribution in [0.5, 0.6) is 5.75 Å². The van der Waals surface area contributed by atoms with Gasteiger partial charge in [0.1, 0.15) is 5.75 Å². The number of aryl methyl sites for hydroxylation is 1. The largest absolute Gasteiger partial charge is 0.545 e. The van der Waals surface area contributed by atoms with Crippen LogP contribution in [0.1, 0.15) is 49.2 Å². The van der Waals surface area contributed by atoms with Crippen molar-refractivity contribution < 1.29 is 19.4 Å². The number of aromatic carboxylic acids is 1. The zero-order valence-corrected chi connectivity index (χ0v) is 15.8. The first kappa shape index (κ1) is 19.5. The third kappa shape index (κ3) is 4.85.